The SMILES string of the molecule is CCCCCCCCCn1cc(C(C)(C)C)[n+](C)c1. The lowest BCUT2D eigenvalue weighted by molar-refractivity contribution is -0.681. The van der Waals surface area contributed by atoms with E-state index in [0.29, 0.717) is 0 Å². The summed E-state index contributed by atoms with van der Waals surface area (Å²) >= 11 is 0. The van der Waals surface area contributed by atoms with Crippen molar-refractivity contribution in [3.63, 3.8) is 0 Å². The fraction of sp³-hybridized carbons (Fsp3) is 0.824. The van der Waals surface area contributed by atoms with Crippen LogP contribution in [0.4, 0.5) is 0 Å². The van der Waals surface area contributed by atoms with E-state index in [9.17, 15) is 0 Å². The lowest BCUT2D eigenvalue weighted by Gasteiger charge is -2.13. The second kappa shape index (κ2) is 7.72. The van der Waals surface area contributed by atoms with Crippen LogP contribution in [-0.4, -0.2) is 4.57 Å². The van der Waals surface area contributed by atoms with Gasteiger partial charge >= 0.3 is 0 Å². The summed E-state index contributed by atoms with van der Waals surface area (Å²) in [5.74, 6) is 0. The lowest BCUT2D eigenvalue weighted by atomic mass is 9.93. The van der Waals surface area contributed by atoms with Gasteiger partial charge in [-0.2, -0.15) is 0 Å². The van der Waals surface area contributed by atoms with Crippen LogP contribution in [0.25, 0.3) is 0 Å². The molecule has 0 aliphatic carbocycles. The van der Waals surface area contributed by atoms with Crippen LogP contribution in [0, 0.1) is 0 Å². The molecule has 0 saturated carbocycles. The van der Waals surface area contributed by atoms with E-state index in [-0.39, 0.29) is 5.41 Å². The van der Waals surface area contributed by atoms with Crippen molar-refractivity contribution in [1.82, 2.24) is 4.57 Å². The summed E-state index contributed by atoms with van der Waals surface area (Å²) < 4.78 is 4.62. The molecule has 0 radical (unpaired) electrons. The minimum atomic E-state index is 0.236. The number of rotatable bonds is 8. The number of hydrogen-bond acceptors (Lipinski definition) is 0. The highest BCUT2D eigenvalue weighted by atomic mass is 15.1. The predicted octanol–water partition coefficient (Wildman–Crippen LogP) is 4.36. The van der Waals surface area contributed by atoms with Crippen LogP contribution in [0.3, 0.4) is 0 Å². The molecule has 0 unspecified atom stereocenters. The normalized spacial score (nSPS) is 12.1. The molecule has 0 bridgehead atoms. The molecule has 0 amide bonds. The smallest absolute Gasteiger partial charge is 0.237 e. The average molecular weight is 265 g/mol. The van der Waals surface area contributed by atoms with Crippen LogP contribution >= 0.6 is 0 Å². The van der Waals surface area contributed by atoms with Gasteiger partial charge in [-0.1, -0.05) is 59.8 Å². The van der Waals surface area contributed by atoms with E-state index in [1.165, 1.54) is 50.6 Å². The zero-order valence-corrected chi connectivity index (χ0v) is 13.7. The van der Waals surface area contributed by atoms with Crippen molar-refractivity contribution in [2.24, 2.45) is 7.05 Å². The molecular formula is C17H33N2+. The molecule has 110 valence electrons. The van der Waals surface area contributed by atoms with Crippen molar-refractivity contribution in [3.8, 4) is 0 Å². The maximum Gasteiger partial charge on any atom is 0.243 e. The monoisotopic (exact) mass is 265 g/mol. The Morgan fingerprint density at radius 2 is 1.58 bits per heavy atom. The summed E-state index contributed by atoms with van der Waals surface area (Å²) in [7, 11) is 2.15. The first-order chi connectivity index (χ1) is 8.95. The number of imidazole rings is 1. The Balaban J connectivity index is 2.27. The van der Waals surface area contributed by atoms with Crippen molar-refractivity contribution in [2.75, 3.05) is 0 Å². The van der Waals surface area contributed by atoms with Gasteiger partial charge < -0.3 is 0 Å². The van der Waals surface area contributed by atoms with Crippen LogP contribution in [0.15, 0.2) is 12.5 Å². The summed E-state index contributed by atoms with van der Waals surface area (Å²) in [5.41, 5.74) is 1.65. The highest BCUT2D eigenvalue weighted by molar-refractivity contribution is 5.02. The molecule has 0 saturated heterocycles. The Labute approximate surface area is 119 Å². The van der Waals surface area contributed by atoms with Gasteiger partial charge in [0, 0.05) is 5.41 Å². The first-order valence-corrected chi connectivity index (χ1v) is 8.01. The molecule has 1 rings (SSSR count). The van der Waals surface area contributed by atoms with E-state index in [4.69, 9.17) is 0 Å². The first-order valence-electron chi connectivity index (χ1n) is 8.01. The molecule has 0 N–H and O–H groups in total. The molecule has 19 heavy (non-hydrogen) atoms. The quantitative estimate of drug-likeness (QED) is 0.488. The third kappa shape index (κ3) is 5.80. The Hall–Kier alpha value is -0.790. The van der Waals surface area contributed by atoms with E-state index >= 15 is 0 Å². The molecule has 0 spiro atoms. The molecule has 0 aliphatic rings. The Kier molecular flexibility index (Phi) is 6.60. The van der Waals surface area contributed by atoms with Crippen molar-refractivity contribution in [1.29, 1.82) is 0 Å². The topological polar surface area (TPSA) is 8.81 Å². The molecule has 0 aliphatic heterocycles. The molecule has 2 nitrogen and oxygen atoms in total. The summed E-state index contributed by atoms with van der Waals surface area (Å²) in [5, 5.41) is 0. The van der Waals surface area contributed by atoms with Gasteiger partial charge in [-0.05, 0) is 12.8 Å². The molecule has 1 aromatic rings. The van der Waals surface area contributed by atoms with Gasteiger partial charge in [0.05, 0.1) is 13.6 Å². The predicted molar refractivity (Wildman–Crippen MR) is 82.3 cm³/mol. The van der Waals surface area contributed by atoms with E-state index in [1.807, 2.05) is 0 Å². The fourth-order valence-corrected chi connectivity index (χ4v) is 2.66. The third-order valence-corrected chi connectivity index (χ3v) is 3.78. The molecule has 1 heterocycles. The zero-order chi connectivity index (χ0) is 14.3. The number of nitrogens with zero attached hydrogens (tertiary/aromatic N) is 2. The van der Waals surface area contributed by atoms with E-state index < -0.39 is 0 Å². The Bertz CT molecular complexity index is 358. The van der Waals surface area contributed by atoms with Gasteiger partial charge in [-0.15, -0.1) is 0 Å². The van der Waals surface area contributed by atoms with Gasteiger partial charge in [-0.25, -0.2) is 9.13 Å². The van der Waals surface area contributed by atoms with E-state index in [0.717, 1.165) is 6.54 Å². The number of unbranched alkanes of at least 4 members (excludes halogenated alkanes) is 6. The minimum Gasteiger partial charge on any atom is -0.237 e. The highest BCUT2D eigenvalue weighted by Crippen LogP contribution is 2.18. The average Bonchev–Trinajstić information content (AvgIpc) is 2.69. The number of aromatic nitrogens is 2. The standard InChI is InChI=1S/C17H33N2/c1-6-7-8-9-10-11-12-13-19-14-16(17(2,3)4)18(5)15-19/h14-15H,6-13H2,1-5H3/q+1. The minimum absolute atomic E-state index is 0.236. The van der Waals surface area contributed by atoms with Gasteiger partial charge in [-0.3, -0.25) is 0 Å². The Morgan fingerprint density at radius 3 is 2.11 bits per heavy atom. The first kappa shape index (κ1) is 16.3. The maximum atomic E-state index is 2.35. The molecule has 0 fully saturated rings. The fourth-order valence-electron chi connectivity index (χ4n) is 2.66. The molecule has 0 aromatic carbocycles. The molecule has 0 atom stereocenters. The number of hydrogen-bond donors (Lipinski definition) is 0. The lowest BCUT2D eigenvalue weighted by Crippen LogP contribution is -2.36. The van der Waals surface area contributed by atoms with Crippen LogP contribution in [0.5, 0.6) is 0 Å². The van der Waals surface area contributed by atoms with Crippen molar-refractivity contribution in [3.05, 3.63) is 18.2 Å². The highest BCUT2D eigenvalue weighted by Gasteiger charge is 2.23. The number of aryl methyl sites for hydroxylation is 2. The van der Waals surface area contributed by atoms with Crippen LogP contribution in [0.2, 0.25) is 0 Å². The van der Waals surface area contributed by atoms with Crippen LogP contribution < -0.4 is 4.57 Å². The van der Waals surface area contributed by atoms with E-state index in [1.54, 1.807) is 0 Å². The largest absolute Gasteiger partial charge is 0.243 e. The molecular weight excluding hydrogens is 232 g/mol. The third-order valence-electron chi connectivity index (χ3n) is 3.78. The summed E-state index contributed by atoms with van der Waals surface area (Å²) in [6, 6.07) is 0. The van der Waals surface area contributed by atoms with Crippen molar-refractivity contribution < 1.29 is 4.57 Å². The van der Waals surface area contributed by atoms with Gasteiger partial charge in [0.15, 0.2) is 0 Å². The Morgan fingerprint density at radius 1 is 1.00 bits per heavy atom. The van der Waals surface area contributed by atoms with Gasteiger partial charge in [0.1, 0.15) is 11.9 Å². The maximum absolute atomic E-state index is 2.35. The summed E-state index contributed by atoms with van der Waals surface area (Å²) in [4.78, 5) is 0. The van der Waals surface area contributed by atoms with Crippen LogP contribution in [0.1, 0.15) is 78.3 Å². The summed E-state index contributed by atoms with van der Waals surface area (Å²) in [6.07, 6.45) is 14.2. The summed E-state index contributed by atoms with van der Waals surface area (Å²) in [6.45, 7) is 10.3. The second-order valence-electron chi connectivity index (χ2n) is 6.85. The van der Waals surface area contributed by atoms with Gasteiger partial charge in [0.25, 0.3) is 0 Å². The molecule has 2 heteroatoms. The second-order valence-corrected chi connectivity index (χ2v) is 6.85. The molecule has 1 aromatic heterocycles. The van der Waals surface area contributed by atoms with Gasteiger partial charge in [0.2, 0.25) is 6.33 Å². The van der Waals surface area contributed by atoms with E-state index in [2.05, 4.69) is 56.4 Å². The van der Waals surface area contributed by atoms with Crippen molar-refractivity contribution in [2.45, 2.75) is 84.6 Å². The van der Waals surface area contributed by atoms with Crippen LogP contribution in [-0.2, 0) is 19.0 Å². The zero-order valence-electron chi connectivity index (χ0n) is 13.7. The van der Waals surface area contributed by atoms with Crippen molar-refractivity contribution >= 4 is 0 Å².